The summed E-state index contributed by atoms with van der Waals surface area (Å²) in [7, 11) is 0. The first-order chi connectivity index (χ1) is 7.36. The summed E-state index contributed by atoms with van der Waals surface area (Å²) < 4.78 is 0. The van der Waals surface area contributed by atoms with E-state index in [-0.39, 0.29) is 0 Å². The van der Waals surface area contributed by atoms with Gasteiger partial charge in [0.1, 0.15) is 0 Å². The number of aromatic nitrogens is 1. The Bertz CT molecular complexity index is 442. The summed E-state index contributed by atoms with van der Waals surface area (Å²) >= 11 is 0. The van der Waals surface area contributed by atoms with E-state index >= 15 is 0 Å². The van der Waals surface area contributed by atoms with Crippen molar-refractivity contribution in [2.45, 2.75) is 13.8 Å². The number of fused-ring (bicyclic) bond motifs is 1. The van der Waals surface area contributed by atoms with Crippen molar-refractivity contribution >= 4 is 16.5 Å². The first-order valence-electron chi connectivity index (χ1n) is 5.44. The molecule has 0 aliphatic rings. The smallest absolute Gasteiger partial charge is 0.0446 e. The number of hydrogen-bond acceptors (Lipinski definition) is 2. The summed E-state index contributed by atoms with van der Waals surface area (Å²) in [5, 5.41) is 2.50. The summed E-state index contributed by atoms with van der Waals surface area (Å²) in [5.41, 5.74) is 1.31. The molecule has 2 nitrogen and oxygen atoms in total. The van der Waals surface area contributed by atoms with Crippen LogP contribution in [0.25, 0.3) is 10.8 Å². The minimum absolute atomic E-state index is 1.04. The molecule has 78 valence electrons. The van der Waals surface area contributed by atoms with Gasteiger partial charge in [-0.1, -0.05) is 12.1 Å². The molecule has 0 saturated carbocycles. The molecule has 1 heterocycles. The molecule has 0 saturated heterocycles. The average molecular weight is 200 g/mol. The van der Waals surface area contributed by atoms with Gasteiger partial charge in [-0.3, -0.25) is 4.98 Å². The highest BCUT2D eigenvalue weighted by Crippen LogP contribution is 2.25. The van der Waals surface area contributed by atoms with E-state index in [0.717, 1.165) is 13.1 Å². The zero-order valence-electron chi connectivity index (χ0n) is 9.27. The fourth-order valence-electron chi connectivity index (χ4n) is 1.95. The maximum atomic E-state index is 4.15. The van der Waals surface area contributed by atoms with Crippen molar-refractivity contribution in [2.24, 2.45) is 0 Å². The van der Waals surface area contributed by atoms with E-state index < -0.39 is 0 Å². The monoisotopic (exact) mass is 200 g/mol. The lowest BCUT2D eigenvalue weighted by molar-refractivity contribution is 0.870. The van der Waals surface area contributed by atoms with E-state index in [0.29, 0.717) is 0 Å². The van der Waals surface area contributed by atoms with Crippen LogP contribution in [0, 0.1) is 0 Å². The van der Waals surface area contributed by atoms with Crippen LogP contribution in [0.4, 0.5) is 5.69 Å². The van der Waals surface area contributed by atoms with Crippen molar-refractivity contribution in [2.75, 3.05) is 18.0 Å². The van der Waals surface area contributed by atoms with E-state index in [4.69, 9.17) is 0 Å². The lowest BCUT2D eigenvalue weighted by atomic mass is 10.1. The molecule has 0 radical (unpaired) electrons. The molecule has 0 atom stereocenters. The molecule has 1 aromatic heterocycles. The molecule has 1 aromatic carbocycles. The van der Waals surface area contributed by atoms with Crippen molar-refractivity contribution < 1.29 is 0 Å². The molecule has 0 fully saturated rings. The molecule has 0 bridgehead atoms. The number of rotatable bonds is 3. The van der Waals surface area contributed by atoms with E-state index in [1.54, 1.807) is 0 Å². The third kappa shape index (κ3) is 1.80. The molecule has 0 aliphatic carbocycles. The highest BCUT2D eigenvalue weighted by atomic mass is 15.1. The Hall–Kier alpha value is -1.57. The number of nitrogens with zero attached hydrogens (tertiary/aromatic N) is 2. The molecule has 15 heavy (non-hydrogen) atoms. The summed E-state index contributed by atoms with van der Waals surface area (Å²) in [6, 6.07) is 8.46. The van der Waals surface area contributed by atoms with Crippen LogP contribution in [-0.4, -0.2) is 18.1 Å². The number of pyridine rings is 1. The molecule has 0 N–H and O–H groups in total. The lowest BCUT2D eigenvalue weighted by Crippen LogP contribution is -2.21. The average Bonchev–Trinajstić information content (AvgIpc) is 2.31. The Balaban J connectivity index is 2.59. The summed E-state index contributed by atoms with van der Waals surface area (Å²) in [6.45, 7) is 6.45. The molecular formula is C13H16N2. The first-order valence-corrected chi connectivity index (χ1v) is 5.44. The molecule has 0 amide bonds. The van der Waals surface area contributed by atoms with Gasteiger partial charge in [-0.15, -0.1) is 0 Å². The van der Waals surface area contributed by atoms with Crippen molar-refractivity contribution in [1.29, 1.82) is 0 Å². The summed E-state index contributed by atoms with van der Waals surface area (Å²) in [4.78, 5) is 6.51. The molecule has 2 aromatic rings. The van der Waals surface area contributed by atoms with Crippen LogP contribution in [-0.2, 0) is 0 Å². The van der Waals surface area contributed by atoms with Gasteiger partial charge in [-0.05, 0) is 26.0 Å². The predicted octanol–water partition coefficient (Wildman–Crippen LogP) is 3.08. The fraction of sp³-hybridized carbons (Fsp3) is 0.308. The van der Waals surface area contributed by atoms with Crippen LogP contribution in [0.1, 0.15) is 13.8 Å². The van der Waals surface area contributed by atoms with Crippen LogP contribution >= 0.6 is 0 Å². The summed E-state index contributed by atoms with van der Waals surface area (Å²) in [6.07, 6.45) is 3.78. The fourth-order valence-corrected chi connectivity index (χ4v) is 1.95. The largest absolute Gasteiger partial charge is 0.372 e. The van der Waals surface area contributed by atoms with Crippen molar-refractivity contribution in [1.82, 2.24) is 4.98 Å². The highest BCUT2D eigenvalue weighted by molar-refractivity contribution is 5.93. The Labute approximate surface area is 90.6 Å². The van der Waals surface area contributed by atoms with Gasteiger partial charge >= 0.3 is 0 Å². The SMILES string of the molecule is CCN(CC)c1cccc2cnccc12. The third-order valence-electron chi connectivity index (χ3n) is 2.76. The Kier molecular flexibility index (Phi) is 2.86. The standard InChI is InChI=1S/C13H16N2/c1-3-15(4-2)13-7-5-6-11-10-14-9-8-12(11)13/h5-10H,3-4H2,1-2H3. The molecule has 2 rings (SSSR count). The summed E-state index contributed by atoms with van der Waals surface area (Å²) in [5.74, 6) is 0. The zero-order valence-corrected chi connectivity index (χ0v) is 9.27. The van der Waals surface area contributed by atoms with Crippen molar-refractivity contribution in [3.05, 3.63) is 36.7 Å². The second kappa shape index (κ2) is 4.30. The molecule has 0 aliphatic heterocycles. The van der Waals surface area contributed by atoms with Crippen LogP contribution < -0.4 is 4.90 Å². The third-order valence-corrected chi connectivity index (χ3v) is 2.76. The second-order valence-corrected chi connectivity index (χ2v) is 3.55. The van der Waals surface area contributed by atoms with E-state index in [1.165, 1.54) is 16.5 Å². The lowest BCUT2D eigenvalue weighted by Gasteiger charge is -2.22. The van der Waals surface area contributed by atoms with Gasteiger partial charge in [-0.2, -0.15) is 0 Å². The van der Waals surface area contributed by atoms with Gasteiger partial charge in [0.25, 0.3) is 0 Å². The van der Waals surface area contributed by atoms with Crippen molar-refractivity contribution in [3.8, 4) is 0 Å². The Morgan fingerprint density at radius 1 is 1.13 bits per heavy atom. The number of anilines is 1. The van der Waals surface area contributed by atoms with Gasteiger partial charge in [0.2, 0.25) is 0 Å². The van der Waals surface area contributed by atoms with E-state index in [1.807, 2.05) is 12.4 Å². The maximum Gasteiger partial charge on any atom is 0.0446 e. The van der Waals surface area contributed by atoms with Gasteiger partial charge in [0, 0.05) is 41.9 Å². The van der Waals surface area contributed by atoms with Gasteiger partial charge in [0.15, 0.2) is 0 Å². The van der Waals surface area contributed by atoms with E-state index in [2.05, 4.69) is 48.0 Å². The minimum atomic E-state index is 1.04. The predicted molar refractivity (Wildman–Crippen MR) is 65.3 cm³/mol. The van der Waals surface area contributed by atoms with Crippen molar-refractivity contribution in [3.63, 3.8) is 0 Å². The molecule has 0 spiro atoms. The van der Waals surface area contributed by atoms with Gasteiger partial charge in [-0.25, -0.2) is 0 Å². The Morgan fingerprint density at radius 2 is 1.93 bits per heavy atom. The van der Waals surface area contributed by atoms with Gasteiger partial charge in [0.05, 0.1) is 0 Å². The second-order valence-electron chi connectivity index (χ2n) is 3.55. The maximum absolute atomic E-state index is 4.15. The zero-order chi connectivity index (χ0) is 10.7. The van der Waals surface area contributed by atoms with Crippen LogP contribution in [0.15, 0.2) is 36.7 Å². The molecule has 0 unspecified atom stereocenters. The highest BCUT2D eigenvalue weighted by Gasteiger charge is 2.05. The van der Waals surface area contributed by atoms with E-state index in [9.17, 15) is 0 Å². The molecule has 2 heteroatoms. The number of hydrogen-bond donors (Lipinski definition) is 0. The molecular weight excluding hydrogens is 184 g/mol. The Morgan fingerprint density at radius 3 is 2.67 bits per heavy atom. The van der Waals surface area contributed by atoms with Crippen LogP contribution in [0.3, 0.4) is 0 Å². The topological polar surface area (TPSA) is 16.1 Å². The number of benzene rings is 1. The first kappa shape index (κ1) is 9.97. The van der Waals surface area contributed by atoms with Crippen LogP contribution in [0.5, 0.6) is 0 Å². The van der Waals surface area contributed by atoms with Crippen LogP contribution in [0.2, 0.25) is 0 Å². The minimum Gasteiger partial charge on any atom is -0.372 e. The van der Waals surface area contributed by atoms with Gasteiger partial charge < -0.3 is 4.90 Å². The quantitative estimate of drug-likeness (QED) is 0.757. The normalized spacial score (nSPS) is 10.5.